The third kappa shape index (κ3) is 4.30. The Labute approximate surface area is 85.9 Å². The van der Waals surface area contributed by atoms with Crippen LogP contribution in [0, 0.1) is 12.3 Å². The maximum Gasteiger partial charge on any atom is 0.224 e. The van der Waals surface area contributed by atoms with E-state index in [0.717, 1.165) is 24.5 Å². The Morgan fingerprint density at radius 3 is 2.64 bits per heavy atom. The summed E-state index contributed by atoms with van der Waals surface area (Å²) in [7, 11) is 0. The first-order chi connectivity index (χ1) is 6.47. The summed E-state index contributed by atoms with van der Waals surface area (Å²) in [6.45, 7) is 9.64. The molecule has 80 valence electrons. The van der Waals surface area contributed by atoms with Crippen molar-refractivity contribution in [3.63, 3.8) is 0 Å². The first-order valence-corrected chi connectivity index (χ1v) is 5.14. The normalized spacial score (nSPS) is 11.7. The molecular formula is C11H20N2O. The van der Waals surface area contributed by atoms with E-state index < -0.39 is 0 Å². The number of aryl methyl sites for hydroxylation is 1. The molecule has 0 aromatic carbocycles. The van der Waals surface area contributed by atoms with Crippen LogP contribution >= 0.6 is 0 Å². The molecule has 0 aliphatic carbocycles. The first-order valence-electron chi connectivity index (χ1n) is 5.14. The van der Waals surface area contributed by atoms with E-state index in [1.165, 1.54) is 6.42 Å². The van der Waals surface area contributed by atoms with E-state index in [4.69, 9.17) is 4.52 Å². The number of hydrogen-bond donors (Lipinski definition) is 1. The van der Waals surface area contributed by atoms with E-state index >= 15 is 0 Å². The molecule has 3 heteroatoms. The summed E-state index contributed by atoms with van der Waals surface area (Å²) in [6, 6.07) is 1.91. The van der Waals surface area contributed by atoms with Crippen LogP contribution < -0.4 is 5.32 Å². The molecule has 1 aromatic heterocycles. The standard InChI is InChI=1S/C11H20N2O/c1-9-8-10(14-13-9)12-7-5-6-11(2,3)4/h8,12H,5-7H2,1-4H3. The van der Waals surface area contributed by atoms with Gasteiger partial charge in [0.1, 0.15) is 0 Å². The molecule has 0 spiro atoms. The fraction of sp³-hybridized carbons (Fsp3) is 0.727. The lowest BCUT2D eigenvalue weighted by atomic mass is 9.91. The van der Waals surface area contributed by atoms with E-state index in [9.17, 15) is 0 Å². The Morgan fingerprint density at radius 2 is 2.14 bits per heavy atom. The molecule has 0 amide bonds. The van der Waals surface area contributed by atoms with Crippen LogP contribution in [-0.4, -0.2) is 11.7 Å². The van der Waals surface area contributed by atoms with Crippen molar-refractivity contribution in [1.29, 1.82) is 0 Å². The zero-order chi connectivity index (χ0) is 10.6. The lowest BCUT2D eigenvalue weighted by Gasteiger charge is -2.17. The summed E-state index contributed by atoms with van der Waals surface area (Å²) < 4.78 is 5.04. The molecule has 0 unspecified atom stereocenters. The highest BCUT2D eigenvalue weighted by Gasteiger charge is 2.09. The molecule has 0 atom stereocenters. The molecule has 0 fully saturated rings. The summed E-state index contributed by atoms with van der Waals surface area (Å²) in [5, 5.41) is 7.02. The topological polar surface area (TPSA) is 38.1 Å². The highest BCUT2D eigenvalue weighted by Crippen LogP contribution is 2.20. The Hall–Kier alpha value is -0.990. The monoisotopic (exact) mass is 196 g/mol. The van der Waals surface area contributed by atoms with Gasteiger partial charge in [-0.15, -0.1) is 0 Å². The molecule has 14 heavy (non-hydrogen) atoms. The van der Waals surface area contributed by atoms with Crippen molar-refractivity contribution in [2.45, 2.75) is 40.5 Å². The van der Waals surface area contributed by atoms with Gasteiger partial charge >= 0.3 is 0 Å². The highest BCUT2D eigenvalue weighted by atomic mass is 16.5. The fourth-order valence-electron chi connectivity index (χ4n) is 1.28. The Morgan fingerprint density at radius 1 is 1.43 bits per heavy atom. The van der Waals surface area contributed by atoms with Crippen molar-refractivity contribution in [1.82, 2.24) is 5.16 Å². The molecule has 0 aliphatic rings. The summed E-state index contributed by atoms with van der Waals surface area (Å²) in [5.41, 5.74) is 1.34. The van der Waals surface area contributed by atoms with Crippen molar-refractivity contribution in [3.05, 3.63) is 11.8 Å². The van der Waals surface area contributed by atoms with Crippen LogP contribution in [0.5, 0.6) is 0 Å². The van der Waals surface area contributed by atoms with Gasteiger partial charge in [0.05, 0.1) is 5.69 Å². The maximum atomic E-state index is 5.04. The average molecular weight is 196 g/mol. The minimum absolute atomic E-state index is 0.416. The van der Waals surface area contributed by atoms with Crippen LogP contribution in [0.4, 0.5) is 5.88 Å². The van der Waals surface area contributed by atoms with E-state index in [1.54, 1.807) is 0 Å². The van der Waals surface area contributed by atoms with Gasteiger partial charge in [-0.05, 0) is 25.2 Å². The lowest BCUT2D eigenvalue weighted by molar-refractivity contribution is 0.368. The second-order valence-corrected chi connectivity index (χ2v) is 4.92. The molecule has 1 N–H and O–H groups in total. The molecule has 1 aromatic rings. The predicted octanol–water partition coefficient (Wildman–Crippen LogP) is 3.22. The fourth-order valence-corrected chi connectivity index (χ4v) is 1.28. The van der Waals surface area contributed by atoms with Crippen molar-refractivity contribution >= 4 is 5.88 Å². The molecule has 3 nitrogen and oxygen atoms in total. The van der Waals surface area contributed by atoms with Crippen LogP contribution in [-0.2, 0) is 0 Å². The smallest absolute Gasteiger partial charge is 0.224 e. The average Bonchev–Trinajstić information content (AvgIpc) is 2.44. The van der Waals surface area contributed by atoms with E-state index in [0.29, 0.717) is 5.41 Å². The van der Waals surface area contributed by atoms with Gasteiger partial charge < -0.3 is 9.84 Å². The van der Waals surface area contributed by atoms with Gasteiger partial charge in [0.2, 0.25) is 5.88 Å². The maximum absolute atomic E-state index is 5.04. The summed E-state index contributed by atoms with van der Waals surface area (Å²) >= 11 is 0. The van der Waals surface area contributed by atoms with Crippen molar-refractivity contribution in [2.24, 2.45) is 5.41 Å². The number of aromatic nitrogens is 1. The van der Waals surface area contributed by atoms with Gasteiger partial charge in [0.25, 0.3) is 0 Å². The number of nitrogens with zero attached hydrogens (tertiary/aromatic N) is 1. The van der Waals surface area contributed by atoms with E-state index in [-0.39, 0.29) is 0 Å². The van der Waals surface area contributed by atoms with Crippen LogP contribution in [0.1, 0.15) is 39.3 Å². The molecule has 1 rings (SSSR count). The first kappa shape index (κ1) is 11.1. The van der Waals surface area contributed by atoms with Gasteiger partial charge in [0.15, 0.2) is 0 Å². The number of hydrogen-bond acceptors (Lipinski definition) is 3. The Kier molecular flexibility index (Phi) is 3.55. The van der Waals surface area contributed by atoms with Crippen molar-refractivity contribution in [3.8, 4) is 0 Å². The minimum atomic E-state index is 0.416. The molecule has 0 radical (unpaired) electrons. The van der Waals surface area contributed by atoms with Crippen LogP contribution in [0.3, 0.4) is 0 Å². The Balaban J connectivity index is 2.16. The molecule has 1 heterocycles. The highest BCUT2D eigenvalue weighted by molar-refractivity contribution is 5.30. The quantitative estimate of drug-likeness (QED) is 0.751. The van der Waals surface area contributed by atoms with Crippen molar-refractivity contribution in [2.75, 3.05) is 11.9 Å². The third-order valence-corrected chi connectivity index (χ3v) is 2.03. The largest absolute Gasteiger partial charge is 0.354 e. The summed E-state index contributed by atoms with van der Waals surface area (Å²) in [4.78, 5) is 0. The van der Waals surface area contributed by atoms with Gasteiger partial charge in [-0.2, -0.15) is 0 Å². The van der Waals surface area contributed by atoms with Crippen LogP contribution in [0.15, 0.2) is 10.6 Å². The van der Waals surface area contributed by atoms with Gasteiger partial charge in [-0.1, -0.05) is 25.9 Å². The van der Waals surface area contributed by atoms with Gasteiger partial charge in [-0.3, -0.25) is 0 Å². The minimum Gasteiger partial charge on any atom is -0.354 e. The molecule has 0 saturated carbocycles. The molecule has 0 aliphatic heterocycles. The zero-order valence-corrected chi connectivity index (χ0v) is 9.55. The van der Waals surface area contributed by atoms with E-state index in [2.05, 4.69) is 31.2 Å². The Bertz CT molecular complexity index is 273. The van der Waals surface area contributed by atoms with Crippen LogP contribution in [0.25, 0.3) is 0 Å². The van der Waals surface area contributed by atoms with Gasteiger partial charge in [-0.25, -0.2) is 0 Å². The zero-order valence-electron chi connectivity index (χ0n) is 9.55. The number of nitrogens with one attached hydrogen (secondary N) is 1. The third-order valence-electron chi connectivity index (χ3n) is 2.03. The molecule has 0 bridgehead atoms. The second-order valence-electron chi connectivity index (χ2n) is 4.92. The predicted molar refractivity (Wildman–Crippen MR) is 58.4 cm³/mol. The summed E-state index contributed by atoms with van der Waals surface area (Å²) in [5.74, 6) is 0.774. The molecular weight excluding hydrogens is 176 g/mol. The van der Waals surface area contributed by atoms with E-state index in [1.807, 2.05) is 13.0 Å². The van der Waals surface area contributed by atoms with Crippen molar-refractivity contribution < 1.29 is 4.52 Å². The second kappa shape index (κ2) is 4.49. The van der Waals surface area contributed by atoms with Crippen LogP contribution in [0.2, 0.25) is 0 Å². The summed E-state index contributed by atoms with van der Waals surface area (Å²) in [6.07, 6.45) is 2.37. The van der Waals surface area contributed by atoms with Gasteiger partial charge in [0, 0.05) is 12.6 Å². The number of anilines is 1. The lowest BCUT2D eigenvalue weighted by Crippen LogP contribution is -2.08. The SMILES string of the molecule is Cc1cc(NCCCC(C)(C)C)on1. The number of rotatable bonds is 4. The molecule has 0 saturated heterocycles.